The molecule has 0 aliphatic carbocycles. The van der Waals surface area contributed by atoms with Crippen molar-refractivity contribution in [2.75, 3.05) is 13.1 Å². The second-order valence-electron chi connectivity index (χ2n) is 7.45. The van der Waals surface area contributed by atoms with E-state index in [0.29, 0.717) is 31.5 Å². The Morgan fingerprint density at radius 1 is 1.00 bits per heavy atom. The summed E-state index contributed by atoms with van der Waals surface area (Å²) in [5, 5.41) is 0. The molecule has 0 N–H and O–H groups in total. The van der Waals surface area contributed by atoms with Crippen molar-refractivity contribution in [3.8, 4) is 0 Å². The highest BCUT2D eigenvalue weighted by atomic mass is 32.2. The summed E-state index contributed by atoms with van der Waals surface area (Å²) in [7, 11) is -3.68. The second-order valence-corrected chi connectivity index (χ2v) is 9.38. The summed E-state index contributed by atoms with van der Waals surface area (Å²) in [6.07, 6.45) is 0.996. The molecule has 1 fully saturated rings. The maximum absolute atomic E-state index is 12.9. The highest BCUT2D eigenvalue weighted by Gasteiger charge is 2.33. The third-order valence-electron chi connectivity index (χ3n) is 5.35. The van der Waals surface area contributed by atoms with Gasteiger partial charge < -0.3 is 0 Å². The zero-order valence-electron chi connectivity index (χ0n) is 16.4. The molecule has 0 saturated carbocycles. The van der Waals surface area contributed by atoms with Gasteiger partial charge in [-0.05, 0) is 51.3 Å². The molecule has 2 aromatic carbocycles. The predicted octanol–water partition coefficient (Wildman–Crippen LogP) is 3.79. The molecule has 1 aliphatic heterocycles. The van der Waals surface area contributed by atoms with E-state index in [-0.39, 0.29) is 22.4 Å². The molecule has 1 heterocycles. The number of nitrogens with zero attached hydrogens (tertiary/aromatic N) is 1. The van der Waals surface area contributed by atoms with E-state index < -0.39 is 10.0 Å². The largest absolute Gasteiger partial charge is 0.295 e. The summed E-state index contributed by atoms with van der Waals surface area (Å²) in [5.41, 5.74) is 3.17. The van der Waals surface area contributed by atoms with Gasteiger partial charge in [-0.3, -0.25) is 9.59 Å². The Hall–Kier alpha value is -2.31. The van der Waals surface area contributed by atoms with Crippen LogP contribution in [0.4, 0.5) is 0 Å². The molecule has 1 aliphatic rings. The predicted molar refractivity (Wildman–Crippen MR) is 108 cm³/mol. The van der Waals surface area contributed by atoms with Gasteiger partial charge in [-0.25, -0.2) is 8.42 Å². The van der Waals surface area contributed by atoms with Crippen molar-refractivity contribution in [2.45, 2.75) is 38.5 Å². The first-order valence-electron chi connectivity index (χ1n) is 9.43. The van der Waals surface area contributed by atoms with Gasteiger partial charge in [-0.2, -0.15) is 4.31 Å². The highest BCUT2D eigenvalue weighted by Crippen LogP contribution is 2.27. The molecule has 0 amide bonds. The zero-order chi connectivity index (χ0) is 20.5. The fraction of sp³-hybridized carbons (Fsp3) is 0.364. The van der Waals surface area contributed by atoms with Gasteiger partial charge in [-0.1, -0.05) is 35.9 Å². The van der Waals surface area contributed by atoms with Gasteiger partial charge in [0, 0.05) is 30.1 Å². The lowest BCUT2D eigenvalue weighted by atomic mass is 9.87. The number of hydrogen-bond donors (Lipinski definition) is 0. The first kappa shape index (κ1) is 20.4. The number of rotatable bonds is 5. The van der Waals surface area contributed by atoms with Crippen molar-refractivity contribution < 1.29 is 18.0 Å². The smallest absolute Gasteiger partial charge is 0.243 e. The highest BCUT2D eigenvalue weighted by molar-refractivity contribution is 7.89. The minimum absolute atomic E-state index is 0.0909. The van der Waals surface area contributed by atoms with Crippen LogP contribution < -0.4 is 0 Å². The number of piperidine rings is 1. The lowest BCUT2D eigenvalue weighted by Gasteiger charge is -2.30. The van der Waals surface area contributed by atoms with Crippen molar-refractivity contribution in [1.29, 1.82) is 0 Å². The maximum Gasteiger partial charge on any atom is 0.243 e. The van der Waals surface area contributed by atoms with E-state index in [1.807, 2.05) is 32.0 Å². The van der Waals surface area contributed by atoms with Crippen molar-refractivity contribution in [3.05, 3.63) is 64.7 Å². The third kappa shape index (κ3) is 4.08. The lowest BCUT2D eigenvalue weighted by Crippen LogP contribution is -2.40. The molecule has 28 heavy (non-hydrogen) atoms. The van der Waals surface area contributed by atoms with E-state index in [4.69, 9.17) is 0 Å². The molecule has 148 valence electrons. The van der Waals surface area contributed by atoms with Crippen LogP contribution in [0.25, 0.3) is 0 Å². The van der Waals surface area contributed by atoms with E-state index in [9.17, 15) is 18.0 Å². The minimum Gasteiger partial charge on any atom is -0.295 e. The molecule has 2 aromatic rings. The van der Waals surface area contributed by atoms with Gasteiger partial charge in [0.25, 0.3) is 0 Å². The molecule has 0 aromatic heterocycles. The summed E-state index contributed by atoms with van der Waals surface area (Å²) < 4.78 is 27.3. The van der Waals surface area contributed by atoms with Crippen LogP contribution in [0.2, 0.25) is 0 Å². The number of Topliss-reactive ketones (excluding diaryl/α,β-unsaturated/α-hetero) is 2. The molecular formula is C22H25NO4S. The van der Waals surface area contributed by atoms with Crippen molar-refractivity contribution >= 4 is 21.6 Å². The standard InChI is InChI=1S/C22H25NO4S/c1-15-7-8-21(16(2)13-15)22(25)18-9-11-23(12-10-18)28(26,27)20-6-4-5-19(14-20)17(3)24/h4-8,13-14,18H,9-12H2,1-3H3. The van der Waals surface area contributed by atoms with E-state index in [1.54, 1.807) is 12.1 Å². The van der Waals surface area contributed by atoms with Crippen LogP contribution >= 0.6 is 0 Å². The number of benzene rings is 2. The van der Waals surface area contributed by atoms with Gasteiger partial charge >= 0.3 is 0 Å². The van der Waals surface area contributed by atoms with E-state index in [2.05, 4.69) is 0 Å². The SMILES string of the molecule is CC(=O)c1cccc(S(=O)(=O)N2CCC(C(=O)c3ccc(C)cc3C)CC2)c1. The maximum atomic E-state index is 12.9. The Bertz CT molecular complexity index is 1020. The van der Waals surface area contributed by atoms with Crippen LogP contribution in [-0.4, -0.2) is 37.4 Å². The lowest BCUT2D eigenvalue weighted by molar-refractivity contribution is 0.0874. The van der Waals surface area contributed by atoms with Gasteiger partial charge in [0.15, 0.2) is 11.6 Å². The summed E-state index contributed by atoms with van der Waals surface area (Å²) in [6, 6.07) is 11.9. The molecule has 0 radical (unpaired) electrons. The van der Waals surface area contributed by atoms with Gasteiger partial charge in [-0.15, -0.1) is 0 Å². The number of sulfonamides is 1. The summed E-state index contributed by atoms with van der Waals surface area (Å²) in [4.78, 5) is 24.6. The van der Waals surface area contributed by atoms with Crippen LogP contribution in [0, 0.1) is 19.8 Å². The first-order chi connectivity index (χ1) is 13.2. The van der Waals surface area contributed by atoms with Crippen molar-refractivity contribution in [2.24, 2.45) is 5.92 Å². The van der Waals surface area contributed by atoms with Crippen LogP contribution in [0.5, 0.6) is 0 Å². The van der Waals surface area contributed by atoms with Crippen molar-refractivity contribution in [3.63, 3.8) is 0 Å². The fourth-order valence-electron chi connectivity index (χ4n) is 3.69. The number of carbonyl (C=O) groups is 2. The van der Waals surface area contributed by atoms with Gasteiger partial charge in [0.05, 0.1) is 4.90 Å². The van der Waals surface area contributed by atoms with E-state index >= 15 is 0 Å². The monoisotopic (exact) mass is 399 g/mol. The zero-order valence-corrected chi connectivity index (χ0v) is 17.3. The molecule has 0 bridgehead atoms. The second kappa shape index (κ2) is 7.97. The van der Waals surface area contributed by atoms with Gasteiger partial charge in [0.2, 0.25) is 10.0 Å². The average molecular weight is 400 g/mol. The fourth-order valence-corrected chi connectivity index (χ4v) is 5.21. The van der Waals surface area contributed by atoms with Crippen LogP contribution in [0.15, 0.2) is 47.4 Å². The Morgan fingerprint density at radius 3 is 2.29 bits per heavy atom. The molecule has 0 spiro atoms. The molecule has 5 nitrogen and oxygen atoms in total. The van der Waals surface area contributed by atoms with Crippen LogP contribution in [0.3, 0.4) is 0 Å². The topological polar surface area (TPSA) is 71.5 Å². The Morgan fingerprint density at radius 2 is 1.68 bits per heavy atom. The number of hydrogen-bond acceptors (Lipinski definition) is 4. The molecule has 6 heteroatoms. The Balaban J connectivity index is 1.73. The molecule has 0 atom stereocenters. The van der Waals surface area contributed by atoms with Gasteiger partial charge in [0.1, 0.15) is 0 Å². The Kier molecular flexibility index (Phi) is 5.82. The molecule has 3 rings (SSSR count). The molecule has 0 unspecified atom stereocenters. The normalized spacial score (nSPS) is 16.1. The van der Waals surface area contributed by atoms with E-state index in [1.165, 1.54) is 23.4 Å². The number of ketones is 2. The quantitative estimate of drug-likeness (QED) is 0.717. The minimum atomic E-state index is -3.68. The Labute approximate surface area is 166 Å². The van der Waals surface area contributed by atoms with Crippen LogP contribution in [0.1, 0.15) is 51.6 Å². The third-order valence-corrected chi connectivity index (χ3v) is 7.25. The van der Waals surface area contributed by atoms with E-state index in [0.717, 1.165) is 16.7 Å². The summed E-state index contributed by atoms with van der Waals surface area (Å²) in [6.45, 7) is 5.94. The molecule has 1 saturated heterocycles. The molecular weight excluding hydrogens is 374 g/mol. The number of aryl methyl sites for hydroxylation is 2. The number of carbonyl (C=O) groups excluding carboxylic acids is 2. The summed E-state index contributed by atoms with van der Waals surface area (Å²) in [5.74, 6) is -0.251. The first-order valence-corrected chi connectivity index (χ1v) is 10.9. The van der Waals surface area contributed by atoms with Crippen molar-refractivity contribution in [1.82, 2.24) is 4.31 Å². The average Bonchev–Trinajstić information content (AvgIpc) is 2.67. The summed E-state index contributed by atoms with van der Waals surface area (Å²) >= 11 is 0. The van der Waals surface area contributed by atoms with Crippen LogP contribution in [-0.2, 0) is 10.0 Å².